The Kier molecular flexibility index (Phi) is 4.70. The lowest BCUT2D eigenvalue weighted by Crippen LogP contribution is -2.38. The molecule has 0 saturated heterocycles. The zero-order chi connectivity index (χ0) is 15.4. The summed E-state index contributed by atoms with van der Waals surface area (Å²) >= 11 is 0. The molecule has 0 spiro atoms. The van der Waals surface area contributed by atoms with Crippen LogP contribution in [0, 0.1) is 6.92 Å². The van der Waals surface area contributed by atoms with Crippen LogP contribution >= 0.6 is 0 Å². The van der Waals surface area contributed by atoms with Crippen LogP contribution in [-0.2, 0) is 11.3 Å². The Morgan fingerprint density at radius 1 is 1.43 bits per heavy atom. The van der Waals surface area contributed by atoms with Crippen LogP contribution in [-0.4, -0.2) is 45.2 Å². The zero-order valence-corrected chi connectivity index (χ0v) is 12.2. The van der Waals surface area contributed by atoms with Crippen molar-refractivity contribution in [2.75, 3.05) is 19.7 Å². The highest BCUT2D eigenvalue weighted by atomic mass is 16.3. The van der Waals surface area contributed by atoms with Crippen LogP contribution in [0.5, 0.6) is 0 Å². The molecule has 0 atom stereocenters. The summed E-state index contributed by atoms with van der Waals surface area (Å²) in [4.78, 5) is 30.3. The number of aryl methyl sites for hydroxylation is 1. The van der Waals surface area contributed by atoms with Crippen LogP contribution in [0.4, 0.5) is 0 Å². The highest BCUT2D eigenvalue weighted by Crippen LogP contribution is 2.11. The zero-order valence-electron chi connectivity index (χ0n) is 12.2. The van der Waals surface area contributed by atoms with Gasteiger partial charge in [0, 0.05) is 13.1 Å². The maximum Gasteiger partial charge on any atom is 0.261 e. The van der Waals surface area contributed by atoms with E-state index in [1.54, 1.807) is 12.1 Å². The van der Waals surface area contributed by atoms with Crippen molar-refractivity contribution in [1.82, 2.24) is 14.5 Å². The van der Waals surface area contributed by atoms with E-state index in [2.05, 4.69) is 4.98 Å². The number of likely N-dealkylation sites (N-methyl/N-ethyl adjacent to an activating group) is 1. The minimum Gasteiger partial charge on any atom is -0.395 e. The molecule has 0 aliphatic heterocycles. The van der Waals surface area contributed by atoms with Gasteiger partial charge < -0.3 is 10.0 Å². The average molecular weight is 289 g/mol. The van der Waals surface area contributed by atoms with E-state index in [0.29, 0.717) is 17.4 Å². The number of fused-ring (bicyclic) bond motifs is 1. The Balaban J connectivity index is 2.33. The second-order valence-electron chi connectivity index (χ2n) is 4.85. The van der Waals surface area contributed by atoms with Crippen molar-refractivity contribution in [3.8, 4) is 0 Å². The molecule has 2 rings (SSSR count). The number of carbonyl (C=O) groups excluding carboxylic acids is 1. The molecular formula is C15H19N3O3. The van der Waals surface area contributed by atoms with Gasteiger partial charge >= 0.3 is 0 Å². The highest BCUT2D eigenvalue weighted by molar-refractivity contribution is 5.81. The molecule has 1 N–H and O–H groups in total. The number of benzene rings is 1. The maximum atomic E-state index is 12.4. The van der Waals surface area contributed by atoms with Crippen molar-refractivity contribution in [3.05, 3.63) is 40.4 Å². The Hall–Kier alpha value is -2.21. The van der Waals surface area contributed by atoms with E-state index >= 15 is 0 Å². The Morgan fingerprint density at radius 3 is 2.86 bits per heavy atom. The summed E-state index contributed by atoms with van der Waals surface area (Å²) in [6.07, 6.45) is 1.41. The fourth-order valence-electron chi connectivity index (χ4n) is 2.28. The van der Waals surface area contributed by atoms with Crippen molar-refractivity contribution in [1.29, 1.82) is 0 Å². The van der Waals surface area contributed by atoms with Crippen LogP contribution in [0.2, 0.25) is 0 Å². The minimum absolute atomic E-state index is 0.0659. The van der Waals surface area contributed by atoms with E-state index in [9.17, 15) is 9.59 Å². The van der Waals surface area contributed by atoms with Gasteiger partial charge in [-0.2, -0.15) is 0 Å². The normalized spacial score (nSPS) is 10.8. The standard InChI is InChI=1S/C15H19N3O3/c1-3-17(7-8-19)13(20)9-18-10-16-14-11(2)5-4-6-12(14)15(18)21/h4-6,10,19H,3,7-9H2,1-2H3. The van der Waals surface area contributed by atoms with Crippen molar-refractivity contribution >= 4 is 16.8 Å². The predicted octanol–water partition coefficient (Wildman–Crippen LogP) is 0.546. The van der Waals surface area contributed by atoms with Gasteiger partial charge in [-0.3, -0.25) is 14.2 Å². The lowest BCUT2D eigenvalue weighted by Gasteiger charge is -2.20. The number of aromatic nitrogens is 2. The molecule has 0 fully saturated rings. The molecule has 0 unspecified atom stereocenters. The highest BCUT2D eigenvalue weighted by Gasteiger charge is 2.14. The van der Waals surface area contributed by atoms with Gasteiger partial charge in [-0.25, -0.2) is 4.98 Å². The summed E-state index contributed by atoms with van der Waals surface area (Å²) < 4.78 is 1.31. The topological polar surface area (TPSA) is 75.4 Å². The molecule has 1 aromatic carbocycles. The van der Waals surface area contributed by atoms with E-state index < -0.39 is 0 Å². The van der Waals surface area contributed by atoms with Crippen molar-refractivity contribution in [2.24, 2.45) is 0 Å². The summed E-state index contributed by atoms with van der Waals surface area (Å²) in [5.74, 6) is -0.206. The monoisotopic (exact) mass is 289 g/mol. The van der Waals surface area contributed by atoms with Gasteiger partial charge in [0.15, 0.2) is 0 Å². The van der Waals surface area contributed by atoms with Crippen LogP contribution < -0.4 is 5.56 Å². The Labute approximate surface area is 122 Å². The van der Waals surface area contributed by atoms with Crippen molar-refractivity contribution < 1.29 is 9.90 Å². The smallest absolute Gasteiger partial charge is 0.261 e. The van der Waals surface area contributed by atoms with Crippen molar-refractivity contribution in [2.45, 2.75) is 20.4 Å². The first-order valence-corrected chi connectivity index (χ1v) is 6.92. The second kappa shape index (κ2) is 6.49. The molecule has 0 aliphatic rings. The largest absolute Gasteiger partial charge is 0.395 e. The second-order valence-corrected chi connectivity index (χ2v) is 4.85. The number of aliphatic hydroxyl groups is 1. The molecule has 21 heavy (non-hydrogen) atoms. The first-order valence-electron chi connectivity index (χ1n) is 6.92. The maximum absolute atomic E-state index is 12.4. The average Bonchev–Trinajstić information content (AvgIpc) is 2.48. The minimum atomic E-state index is -0.225. The number of hydrogen-bond donors (Lipinski definition) is 1. The molecule has 1 heterocycles. The lowest BCUT2D eigenvalue weighted by atomic mass is 10.1. The third-order valence-electron chi connectivity index (χ3n) is 3.47. The summed E-state index contributed by atoms with van der Waals surface area (Å²) in [5, 5.41) is 9.44. The van der Waals surface area contributed by atoms with E-state index in [-0.39, 0.29) is 31.2 Å². The molecule has 1 aromatic heterocycles. The number of carbonyl (C=O) groups is 1. The van der Waals surface area contributed by atoms with E-state index in [1.807, 2.05) is 19.9 Å². The first kappa shape index (κ1) is 15.2. The summed E-state index contributed by atoms with van der Waals surface area (Å²) in [5.41, 5.74) is 1.37. The predicted molar refractivity (Wildman–Crippen MR) is 80.1 cm³/mol. The third-order valence-corrected chi connectivity index (χ3v) is 3.47. The number of para-hydroxylation sites is 1. The fourth-order valence-corrected chi connectivity index (χ4v) is 2.28. The summed E-state index contributed by atoms with van der Waals surface area (Å²) in [6, 6.07) is 5.41. The molecular weight excluding hydrogens is 270 g/mol. The van der Waals surface area contributed by atoms with Gasteiger partial charge in [-0.05, 0) is 25.5 Å². The van der Waals surface area contributed by atoms with Gasteiger partial charge in [0.05, 0.1) is 23.8 Å². The van der Waals surface area contributed by atoms with Crippen molar-refractivity contribution in [3.63, 3.8) is 0 Å². The van der Waals surface area contributed by atoms with E-state index in [4.69, 9.17) is 5.11 Å². The molecule has 2 aromatic rings. The molecule has 0 aliphatic carbocycles. The van der Waals surface area contributed by atoms with Gasteiger partial charge in [0.25, 0.3) is 5.56 Å². The van der Waals surface area contributed by atoms with Crippen LogP contribution in [0.3, 0.4) is 0 Å². The Morgan fingerprint density at radius 2 is 2.19 bits per heavy atom. The van der Waals surface area contributed by atoms with E-state index in [1.165, 1.54) is 15.8 Å². The molecule has 6 heteroatoms. The molecule has 6 nitrogen and oxygen atoms in total. The SMILES string of the molecule is CCN(CCO)C(=O)Cn1cnc2c(C)cccc2c1=O. The van der Waals surface area contributed by atoms with Crippen LogP contribution in [0.15, 0.2) is 29.3 Å². The molecule has 0 saturated carbocycles. The molecule has 112 valence electrons. The van der Waals surface area contributed by atoms with Gasteiger partial charge in [0.2, 0.25) is 5.91 Å². The first-order chi connectivity index (χ1) is 10.1. The fraction of sp³-hybridized carbons (Fsp3) is 0.400. The van der Waals surface area contributed by atoms with Crippen LogP contribution in [0.25, 0.3) is 10.9 Å². The van der Waals surface area contributed by atoms with Gasteiger partial charge in [-0.1, -0.05) is 12.1 Å². The summed E-state index contributed by atoms with van der Waals surface area (Å²) in [7, 11) is 0. The van der Waals surface area contributed by atoms with Gasteiger partial charge in [0.1, 0.15) is 6.54 Å². The number of rotatable bonds is 5. The number of nitrogens with zero attached hydrogens (tertiary/aromatic N) is 3. The van der Waals surface area contributed by atoms with Gasteiger partial charge in [-0.15, -0.1) is 0 Å². The number of aliphatic hydroxyl groups excluding tert-OH is 1. The van der Waals surface area contributed by atoms with Crippen LogP contribution in [0.1, 0.15) is 12.5 Å². The third kappa shape index (κ3) is 3.11. The molecule has 0 bridgehead atoms. The van der Waals surface area contributed by atoms with E-state index in [0.717, 1.165) is 5.56 Å². The Bertz CT molecular complexity index is 709. The summed E-state index contributed by atoms with van der Waals surface area (Å²) in [6.45, 7) is 4.33. The quantitative estimate of drug-likeness (QED) is 0.872. The lowest BCUT2D eigenvalue weighted by molar-refractivity contribution is -0.132. The number of amides is 1. The number of hydrogen-bond acceptors (Lipinski definition) is 4. The molecule has 1 amide bonds. The molecule has 0 radical (unpaired) electrons.